The number of carbonyl (C=O) groups is 1. The van der Waals surface area contributed by atoms with Crippen LogP contribution in [0.15, 0.2) is 53.0 Å². The molecule has 3 aromatic rings. The topological polar surface area (TPSA) is 59.4 Å². The predicted octanol–water partition coefficient (Wildman–Crippen LogP) is 5.73. The Morgan fingerprint density at radius 2 is 1.91 bits per heavy atom. The average molecular weight is 499 g/mol. The van der Waals surface area contributed by atoms with Gasteiger partial charge in [0.05, 0.1) is 17.6 Å². The fourth-order valence-electron chi connectivity index (χ4n) is 4.20. The Morgan fingerprint density at radius 3 is 2.66 bits per heavy atom. The first-order valence-electron chi connectivity index (χ1n) is 11.2. The third-order valence-corrected chi connectivity index (χ3v) is 6.18. The standard InChI is InChI=1S/C25H31BrN4O2/c1-25(2,3)32-24(31)27-16-20-8-6-7-15-29(20)23-28-21-9-4-5-10-22(21)30(23)17-18-11-13-19(26)14-12-18/h4-5,9-14,20H,6-8,15-17H2,1-3H3,(H,27,31). The number of aromatic nitrogens is 2. The summed E-state index contributed by atoms with van der Waals surface area (Å²) in [4.78, 5) is 19.6. The van der Waals surface area contributed by atoms with Crippen LogP contribution in [0.5, 0.6) is 0 Å². The van der Waals surface area contributed by atoms with Gasteiger partial charge in [0.25, 0.3) is 0 Å². The Morgan fingerprint density at radius 1 is 1.16 bits per heavy atom. The first kappa shape index (κ1) is 22.6. The molecule has 1 fully saturated rings. The molecule has 2 heterocycles. The third kappa shape index (κ3) is 5.44. The van der Waals surface area contributed by atoms with E-state index < -0.39 is 5.60 Å². The van der Waals surface area contributed by atoms with Crippen molar-refractivity contribution >= 4 is 39.0 Å². The maximum Gasteiger partial charge on any atom is 0.407 e. The van der Waals surface area contributed by atoms with E-state index >= 15 is 0 Å². The number of nitrogens with one attached hydrogen (secondary N) is 1. The van der Waals surface area contributed by atoms with Gasteiger partial charge in [0.15, 0.2) is 0 Å². The molecule has 1 aliphatic heterocycles. The van der Waals surface area contributed by atoms with Gasteiger partial charge in [-0.2, -0.15) is 0 Å². The zero-order valence-electron chi connectivity index (χ0n) is 19.0. The molecule has 1 aromatic heterocycles. The highest BCUT2D eigenvalue weighted by Gasteiger charge is 2.28. The number of rotatable bonds is 5. The van der Waals surface area contributed by atoms with Crippen molar-refractivity contribution in [3.8, 4) is 0 Å². The molecule has 1 N–H and O–H groups in total. The fourth-order valence-corrected chi connectivity index (χ4v) is 4.47. The number of alkyl carbamates (subject to hydrolysis) is 1. The van der Waals surface area contributed by atoms with Crippen molar-refractivity contribution in [2.45, 2.75) is 58.2 Å². The Bertz CT molecular complexity index is 1070. The summed E-state index contributed by atoms with van der Waals surface area (Å²) in [6.45, 7) is 7.84. The van der Waals surface area contributed by atoms with Gasteiger partial charge in [-0.1, -0.05) is 40.2 Å². The molecule has 0 bridgehead atoms. The summed E-state index contributed by atoms with van der Waals surface area (Å²) in [5, 5.41) is 2.97. The van der Waals surface area contributed by atoms with Gasteiger partial charge in [-0.3, -0.25) is 0 Å². The molecular weight excluding hydrogens is 468 g/mol. The molecular formula is C25H31BrN4O2. The molecule has 1 amide bonds. The number of nitrogens with zero attached hydrogens (tertiary/aromatic N) is 3. The minimum Gasteiger partial charge on any atom is -0.444 e. The van der Waals surface area contributed by atoms with E-state index in [0.717, 1.165) is 53.8 Å². The molecule has 7 heteroatoms. The van der Waals surface area contributed by atoms with E-state index in [0.29, 0.717) is 6.54 Å². The van der Waals surface area contributed by atoms with Crippen molar-refractivity contribution in [3.63, 3.8) is 0 Å². The monoisotopic (exact) mass is 498 g/mol. The number of hydrogen-bond acceptors (Lipinski definition) is 4. The molecule has 170 valence electrons. The van der Waals surface area contributed by atoms with Crippen molar-refractivity contribution in [2.75, 3.05) is 18.0 Å². The van der Waals surface area contributed by atoms with Gasteiger partial charge < -0.3 is 19.5 Å². The molecule has 4 rings (SSSR count). The van der Waals surface area contributed by atoms with Gasteiger partial charge >= 0.3 is 6.09 Å². The smallest absolute Gasteiger partial charge is 0.407 e. The van der Waals surface area contributed by atoms with E-state index in [1.54, 1.807) is 0 Å². The first-order chi connectivity index (χ1) is 15.3. The molecule has 32 heavy (non-hydrogen) atoms. The number of fused-ring (bicyclic) bond motifs is 1. The molecule has 1 atom stereocenters. The lowest BCUT2D eigenvalue weighted by Crippen LogP contribution is -2.48. The quantitative estimate of drug-likeness (QED) is 0.487. The summed E-state index contributed by atoms with van der Waals surface area (Å²) in [6, 6.07) is 16.9. The van der Waals surface area contributed by atoms with Crippen LogP contribution in [0.4, 0.5) is 10.7 Å². The van der Waals surface area contributed by atoms with Gasteiger partial charge in [0.2, 0.25) is 5.95 Å². The lowest BCUT2D eigenvalue weighted by molar-refractivity contribution is 0.0522. The summed E-state index contributed by atoms with van der Waals surface area (Å²) in [5.41, 5.74) is 2.83. The lowest BCUT2D eigenvalue weighted by atomic mass is 10.0. The van der Waals surface area contributed by atoms with Gasteiger partial charge in [0.1, 0.15) is 5.60 Å². The Hall–Kier alpha value is -2.54. The molecule has 0 radical (unpaired) electrons. The zero-order chi connectivity index (χ0) is 22.7. The summed E-state index contributed by atoms with van der Waals surface area (Å²) < 4.78 is 8.80. The number of para-hydroxylation sites is 2. The summed E-state index contributed by atoms with van der Waals surface area (Å²) in [6.07, 6.45) is 2.90. The minimum atomic E-state index is -0.505. The number of benzene rings is 2. The van der Waals surface area contributed by atoms with Gasteiger partial charge in [-0.25, -0.2) is 9.78 Å². The summed E-state index contributed by atoms with van der Waals surface area (Å²) >= 11 is 3.52. The number of amides is 1. The highest BCUT2D eigenvalue weighted by Crippen LogP contribution is 2.29. The van der Waals surface area contributed by atoms with Crippen LogP contribution in [-0.4, -0.2) is 40.4 Å². The fraction of sp³-hybridized carbons (Fsp3) is 0.440. The van der Waals surface area contributed by atoms with Gasteiger partial charge in [-0.15, -0.1) is 0 Å². The minimum absolute atomic E-state index is 0.178. The molecule has 1 unspecified atom stereocenters. The van der Waals surface area contributed by atoms with Crippen LogP contribution >= 0.6 is 15.9 Å². The largest absolute Gasteiger partial charge is 0.444 e. The summed E-state index contributed by atoms with van der Waals surface area (Å²) in [5.74, 6) is 0.963. The van der Waals surface area contributed by atoms with Crippen LogP contribution < -0.4 is 10.2 Å². The van der Waals surface area contributed by atoms with Crippen LogP contribution in [-0.2, 0) is 11.3 Å². The molecule has 0 spiro atoms. The maximum absolute atomic E-state index is 12.2. The number of hydrogen-bond donors (Lipinski definition) is 1. The molecule has 2 aromatic carbocycles. The molecule has 0 saturated carbocycles. The first-order valence-corrected chi connectivity index (χ1v) is 12.0. The Kier molecular flexibility index (Phi) is 6.74. The lowest BCUT2D eigenvalue weighted by Gasteiger charge is -2.37. The van der Waals surface area contributed by atoms with Crippen molar-refractivity contribution in [1.82, 2.24) is 14.9 Å². The van der Waals surface area contributed by atoms with Crippen LogP contribution in [0, 0.1) is 0 Å². The van der Waals surface area contributed by atoms with E-state index in [4.69, 9.17) is 9.72 Å². The van der Waals surface area contributed by atoms with Crippen molar-refractivity contribution in [3.05, 3.63) is 58.6 Å². The number of ether oxygens (including phenoxy) is 1. The second-order valence-electron chi connectivity index (χ2n) is 9.34. The van der Waals surface area contributed by atoms with Crippen LogP contribution in [0.25, 0.3) is 11.0 Å². The highest BCUT2D eigenvalue weighted by atomic mass is 79.9. The van der Waals surface area contributed by atoms with Gasteiger partial charge in [0, 0.05) is 23.6 Å². The number of anilines is 1. The number of piperidine rings is 1. The van der Waals surface area contributed by atoms with Crippen molar-refractivity contribution in [2.24, 2.45) is 0 Å². The zero-order valence-corrected chi connectivity index (χ0v) is 20.6. The van der Waals surface area contributed by atoms with Gasteiger partial charge in [-0.05, 0) is 69.9 Å². The van der Waals surface area contributed by atoms with E-state index in [2.05, 4.69) is 73.2 Å². The van der Waals surface area contributed by atoms with E-state index in [1.807, 2.05) is 26.8 Å². The Balaban J connectivity index is 1.61. The van der Waals surface area contributed by atoms with E-state index in [9.17, 15) is 4.79 Å². The SMILES string of the molecule is CC(C)(C)OC(=O)NCC1CCCCN1c1nc2ccccc2n1Cc1ccc(Br)cc1. The number of imidazole rings is 1. The number of halogens is 1. The second kappa shape index (κ2) is 9.53. The molecule has 1 aliphatic rings. The number of carbonyl (C=O) groups excluding carboxylic acids is 1. The predicted molar refractivity (Wildman–Crippen MR) is 132 cm³/mol. The third-order valence-electron chi connectivity index (χ3n) is 5.65. The van der Waals surface area contributed by atoms with Crippen molar-refractivity contribution < 1.29 is 9.53 Å². The van der Waals surface area contributed by atoms with E-state index in [1.165, 1.54) is 5.56 Å². The average Bonchev–Trinajstić information content (AvgIpc) is 3.11. The highest BCUT2D eigenvalue weighted by molar-refractivity contribution is 9.10. The van der Waals surface area contributed by atoms with E-state index in [-0.39, 0.29) is 12.1 Å². The Labute approximate surface area is 198 Å². The molecule has 6 nitrogen and oxygen atoms in total. The van der Waals surface area contributed by atoms with Crippen LogP contribution in [0.1, 0.15) is 45.6 Å². The normalized spacial score (nSPS) is 16.9. The molecule has 0 aliphatic carbocycles. The molecule has 1 saturated heterocycles. The second-order valence-corrected chi connectivity index (χ2v) is 10.3. The summed E-state index contributed by atoms with van der Waals surface area (Å²) in [7, 11) is 0. The maximum atomic E-state index is 12.2. The van der Waals surface area contributed by atoms with Crippen molar-refractivity contribution in [1.29, 1.82) is 0 Å². The van der Waals surface area contributed by atoms with Crippen LogP contribution in [0.3, 0.4) is 0 Å². The van der Waals surface area contributed by atoms with Crippen LogP contribution in [0.2, 0.25) is 0 Å².